The summed E-state index contributed by atoms with van der Waals surface area (Å²) in [6.45, 7) is 0. The van der Waals surface area contributed by atoms with E-state index in [1.165, 1.54) is 19.3 Å². The van der Waals surface area contributed by atoms with Crippen molar-refractivity contribution in [3.63, 3.8) is 0 Å². The zero-order valence-corrected chi connectivity index (χ0v) is 11.8. The topological polar surface area (TPSA) is 26.0 Å². The van der Waals surface area contributed by atoms with Crippen LogP contribution in [0.1, 0.15) is 43.7 Å². The third-order valence-corrected chi connectivity index (χ3v) is 4.72. The Morgan fingerprint density at radius 1 is 1.00 bits per heavy atom. The zero-order chi connectivity index (χ0) is 12.4. The van der Waals surface area contributed by atoms with E-state index in [2.05, 4.69) is 0 Å². The molecule has 1 nitrogen and oxygen atoms in total. The minimum Gasteiger partial charge on any atom is -0.324 e. The number of hydrogen-bond acceptors (Lipinski definition) is 1. The molecule has 17 heavy (non-hydrogen) atoms. The molecule has 0 heterocycles. The van der Waals surface area contributed by atoms with Gasteiger partial charge in [-0.05, 0) is 30.9 Å². The molecule has 1 aromatic carbocycles. The highest BCUT2D eigenvalue weighted by Gasteiger charge is 2.26. The Bertz CT molecular complexity index is 400. The Hall–Kier alpha value is 0.0500. The van der Waals surface area contributed by atoms with Crippen molar-refractivity contribution in [3.05, 3.63) is 32.8 Å². The molecule has 2 rings (SSSR count). The van der Waals surface area contributed by atoms with Gasteiger partial charge in [0.05, 0.1) is 10.0 Å². The lowest BCUT2D eigenvalue weighted by molar-refractivity contribution is 0.308. The molecule has 0 unspecified atom stereocenters. The van der Waals surface area contributed by atoms with Crippen molar-refractivity contribution >= 4 is 34.8 Å². The van der Waals surface area contributed by atoms with Gasteiger partial charge in [-0.1, -0.05) is 54.1 Å². The van der Waals surface area contributed by atoms with Crippen LogP contribution in [0, 0.1) is 5.92 Å². The van der Waals surface area contributed by atoms with Crippen LogP contribution in [0.15, 0.2) is 12.1 Å². The van der Waals surface area contributed by atoms with E-state index < -0.39 is 0 Å². The van der Waals surface area contributed by atoms with Gasteiger partial charge in [-0.15, -0.1) is 0 Å². The van der Waals surface area contributed by atoms with Crippen molar-refractivity contribution in [2.45, 2.75) is 38.1 Å². The smallest absolute Gasteiger partial charge is 0.0655 e. The predicted molar refractivity (Wildman–Crippen MR) is 75.0 cm³/mol. The van der Waals surface area contributed by atoms with Crippen LogP contribution in [0.5, 0.6) is 0 Å². The van der Waals surface area contributed by atoms with Gasteiger partial charge < -0.3 is 5.73 Å². The minimum absolute atomic E-state index is 0.103. The summed E-state index contributed by atoms with van der Waals surface area (Å²) in [6, 6.07) is 3.38. The van der Waals surface area contributed by atoms with Crippen LogP contribution in [-0.2, 0) is 0 Å². The Morgan fingerprint density at radius 2 is 1.59 bits per heavy atom. The molecule has 0 saturated heterocycles. The van der Waals surface area contributed by atoms with Crippen LogP contribution in [0.3, 0.4) is 0 Å². The third kappa shape index (κ3) is 2.90. The van der Waals surface area contributed by atoms with Crippen molar-refractivity contribution in [3.8, 4) is 0 Å². The molecular weight excluding hydrogens is 277 g/mol. The van der Waals surface area contributed by atoms with Gasteiger partial charge in [-0.25, -0.2) is 0 Å². The number of hydrogen-bond donors (Lipinski definition) is 1. The largest absolute Gasteiger partial charge is 0.324 e. The highest BCUT2D eigenvalue weighted by atomic mass is 35.5. The van der Waals surface area contributed by atoms with Crippen LogP contribution in [0.2, 0.25) is 15.1 Å². The summed E-state index contributed by atoms with van der Waals surface area (Å²) in [5.74, 6) is 0.470. The normalized spacial score (nSPS) is 19.3. The van der Waals surface area contributed by atoms with E-state index in [4.69, 9.17) is 40.5 Å². The molecule has 0 aliphatic heterocycles. The summed E-state index contributed by atoms with van der Waals surface area (Å²) in [7, 11) is 0. The van der Waals surface area contributed by atoms with E-state index in [0.29, 0.717) is 21.0 Å². The van der Waals surface area contributed by atoms with Gasteiger partial charge in [-0.2, -0.15) is 0 Å². The Labute approximate surface area is 117 Å². The Kier molecular flexibility index (Phi) is 4.59. The number of benzene rings is 1. The van der Waals surface area contributed by atoms with Gasteiger partial charge in [0.25, 0.3) is 0 Å². The lowest BCUT2D eigenvalue weighted by Crippen LogP contribution is -2.24. The SMILES string of the molecule is N[C@H](c1c(Cl)ccc(Cl)c1Cl)C1CCCCC1. The van der Waals surface area contributed by atoms with Crippen molar-refractivity contribution in [2.24, 2.45) is 11.7 Å². The van der Waals surface area contributed by atoms with Gasteiger partial charge >= 0.3 is 0 Å². The number of halogens is 3. The molecule has 2 N–H and O–H groups in total. The first kappa shape index (κ1) is 13.5. The van der Waals surface area contributed by atoms with Gasteiger partial charge in [0, 0.05) is 16.6 Å². The van der Waals surface area contributed by atoms with Crippen molar-refractivity contribution < 1.29 is 0 Å². The summed E-state index contributed by atoms with van der Waals surface area (Å²) in [5, 5.41) is 1.66. The molecule has 1 saturated carbocycles. The first-order chi connectivity index (χ1) is 8.11. The minimum atomic E-state index is -0.103. The van der Waals surface area contributed by atoms with Crippen molar-refractivity contribution in [2.75, 3.05) is 0 Å². The fraction of sp³-hybridized carbons (Fsp3) is 0.538. The van der Waals surface area contributed by atoms with Crippen LogP contribution >= 0.6 is 34.8 Å². The van der Waals surface area contributed by atoms with Crippen molar-refractivity contribution in [1.29, 1.82) is 0 Å². The molecular formula is C13H16Cl3N. The van der Waals surface area contributed by atoms with Gasteiger partial charge in [0.2, 0.25) is 0 Å². The van der Waals surface area contributed by atoms with Gasteiger partial charge in [-0.3, -0.25) is 0 Å². The summed E-state index contributed by atoms with van der Waals surface area (Å²) >= 11 is 18.4. The molecule has 1 aromatic rings. The number of rotatable bonds is 2. The average molecular weight is 293 g/mol. The quantitative estimate of drug-likeness (QED) is 0.742. The predicted octanol–water partition coefficient (Wildman–Crippen LogP) is 5.23. The lowest BCUT2D eigenvalue weighted by Gasteiger charge is -2.29. The molecule has 0 aromatic heterocycles. The van der Waals surface area contributed by atoms with E-state index in [-0.39, 0.29) is 6.04 Å². The van der Waals surface area contributed by atoms with Crippen LogP contribution in [-0.4, -0.2) is 0 Å². The molecule has 1 fully saturated rings. The second-order valence-corrected chi connectivity index (χ2v) is 5.87. The van der Waals surface area contributed by atoms with E-state index in [1.54, 1.807) is 12.1 Å². The molecule has 1 atom stereocenters. The van der Waals surface area contributed by atoms with Crippen molar-refractivity contribution in [1.82, 2.24) is 0 Å². The van der Waals surface area contributed by atoms with Gasteiger partial charge in [0.15, 0.2) is 0 Å². The average Bonchev–Trinajstić information content (AvgIpc) is 2.35. The first-order valence-electron chi connectivity index (χ1n) is 6.00. The molecule has 0 bridgehead atoms. The van der Waals surface area contributed by atoms with Crippen LogP contribution in [0.25, 0.3) is 0 Å². The van der Waals surface area contributed by atoms with Gasteiger partial charge in [0.1, 0.15) is 0 Å². The summed E-state index contributed by atoms with van der Waals surface area (Å²) in [4.78, 5) is 0. The van der Waals surface area contributed by atoms with E-state index in [9.17, 15) is 0 Å². The van der Waals surface area contributed by atoms with E-state index >= 15 is 0 Å². The zero-order valence-electron chi connectivity index (χ0n) is 9.56. The summed E-state index contributed by atoms with van der Waals surface area (Å²) in [5.41, 5.74) is 7.13. The Balaban J connectivity index is 2.29. The lowest BCUT2D eigenvalue weighted by atomic mass is 9.81. The molecule has 0 amide bonds. The van der Waals surface area contributed by atoms with E-state index in [0.717, 1.165) is 18.4 Å². The monoisotopic (exact) mass is 291 g/mol. The maximum absolute atomic E-state index is 6.31. The van der Waals surface area contributed by atoms with Crippen LogP contribution < -0.4 is 5.73 Å². The third-order valence-electron chi connectivity index (χ3n) is 3.57. The molecule has 1 aliphatic carbocycles. The molecule has 4 heteroatoms. The molecule has 1 aliphatic rings. The second-order valence-electron chi connectivity index (χ2n) is 4.68. The molecule has 0 radical (unpaired) electrons. The fourth-order valence-corrected chi connectivity index (χ4v) is 3.36. The highest BCUT2D eigenvalue weighted by molar-refractivity contribution is 6.44. The molecule has 94 valence electrons. The highest BCUT2D eigenvalue weighted by Crippen LogP contribution is 2.41. The standard InChI is InChI=1S/C13H16Cl3N/c14-9-6-7-10(15)12(16)11(9)13(17)8-4-2-1-3-5-8/h6-8,13H,1-5,17H2/t13-/m0/s1. The Morgan fingerprint density at radius 3 is 2.24 bits per heavy atom. The van der Waals surface area contributed by atoms with E-state index in [1.807, 2.05) is 0 Å². The fourth-order valence-electron chi connectivity index (χ4n) is 2.58. The summed E-state index contributed by atoms with van der Waals surface area (Å²) < 4.78 is 0. The maximum Gasteiger partial charge on any atom is 0.0655 e. The second kappa shape index (κ2) is 5.79. The first-order valence-corrected chi connectivity index (χ1v) is 7.13. The number of nitrogens with two attached hydrogens (primary N) is 1. The van der Waals surface area contributed by atoms with Crippen LogP contribution in [0.4, 0.5) is 0 Å². The maximum atomic E-state index is 6.31. The molecule has 0 spiro atoms. The summed E-state index contributed by atoms with van der Waals surface area (Å²) in [6.07, 6.45) is 6.10.